The van der Waals surface area contributed by atoms with E-state index in [-0.39, 0.29) is 10.8 Å². The zero-order valence-electron chi connectivity index (χ0n) is 11.3. The molecule has 0 bridgehead atoms. The van der Waals surface area contributed by atoms with Crippen molar-refractivity contribution >= 4 is 27.3 Å². The number of nitrogens with one attached hydrogen (secondary N) is 1. The number of carboxylic acid groups (broad SMARTS) is 1. The molecule has 0 aliphatic heterocycles. The molecule has 0 radical (unpaired) electrons. The van der Waals surface area contributed by atoms with Crippen LogP contribution in [0.1, 0.15) is 31.6 Å². The van der Waals surface area contributed by atoms with Gasteiger partial charge in [-0.2, -0.15) is 0 Å². The van der Waals surface area contributed by atoms with Crippen LogP contribution >= 0.6 is 11.3 Å². The lowest BCUT2D eigenvalue weighted by Gasteiger charge is -2.26. The minimum atomic E-state index is -3.62. The molecule has 0 saturated heterocycles. The maximum absolute atomic E-state index is 12.1. The second-order valence-corrected chi connectivity index (χ2v) is 7.76. The van der Waals surface area contributed by atoms with E-state index in [1.54, 1.807) is 19.9 Å². The molecule has 0 aromatic carbocycles. The second-order valence-electron chi connectivity index (χ2n) is 4.48. The summed E-state index contributed by atoms with van der Waals surface area (Å²) in [5.41, 5.74) is -1.04. The molecule has 0 atom stereocenters. The lowest BCUT2D eigenvalue weighted by molar-refractivity contribution is -0.149. The van der Waals surface area contributed by atoms with Crippen molar-refractivity contribution in [1.29, 1.82) is 0 Å². The predicted octanol–water partition coefficient (Wildman–Crippen LogP) is 2.23. The number of thiophene rings is 1. The highest BCUT2D eigenvalue weighted by molar-refractivity contribution is 7.91. The molecule has 0 amide bonds. The van der Waals surface area contributed by atoms with E-state index >= 15 is 0 Å². The van der Waals surface area contributed by atoms with Crippen molar-refractivity contribution in [1.82, 2.24) is 4.72 Å². The topological polar surface area (TPSA) is 83.5 Å². The molecule has 7 heteroatoms. The molecule has 1 aromatic rings. The Hall–Kier alpha value is -0.920. The van der Waals surface area contributed by atoms with Gasteiger partial charge in [-0.1, -0.05) is 13.8 Å². The Morgan fingerprint density at radius 3 is 2.32 bits per heavy atom. The lowest BCUT2D eigenvalue weighted by Crippen LogP contribution is -2.42. The molecule has 2 N–H and O–H groups in total. The Morgan fingerprint density at radius 2 is 1.95 bits per heavy atom. The lowest BCUT2D eigenvalue weighted by atomic mass is 9.83. The van der Waals surface area contributed by atoms with Crippen molar-refractivity contribution < 1.29 is 18.3 Å². The summed E-state index contributed by atoms with van der Waals surface area (Å²) >= 11 is 1.17. The van der Waals surface area contributed by atoms with E-state index in [9.17, 15) is 18.3 Å². The van der Waals surface area contributed by atoms with Crippen molar-refractivity contribution in [2.75, 3.05) is 6.54 Å². The Kier molecular flexibility index (Phi) is 5.11. The van der Waals surface area contributed by atoms with Crippen molar-refractivity contribution in [2.45, 2.75) is 37.8 Å². The van der Waals surface area contributed by atoms with Crippen LogP contribution in [0.25, 0.3) is 0 Å². The van der Waals surface area contributed by atoms with Crippen LogP contribution in [0.2, 0.25) is 0 Å². The molecular formula is C12H19NO4S2. The molecule has 1 aromatic heterocycles. The van der Waals surface area contributed by atoms with E-state index < -0.39 is 21.4 Å². The molecule has 0 unspecified atom stereocenters. The summed E-state index contributed by atoms with van der Waals surface area (Å²) in [5.74, 6) is -0.970. The summed E-state index contributed by atoms with van der Waals surface area (Å²) in [6.07, 6.45) is 0.760. The first-order chi connectivity index (χ1) is 8.77. The zero-order valence-corrected chi connectivity index (χ0v) is 12.9. The molecule has 0 aliphatic carbocycles. The van der Waals surface area contributed by atoms with Crippen LogP contribution in [0, 0.1) is 12.3 Å². The number of hydrogen-bond donors (Lipinski definition) is 2. The maximum atomic E-state index is 12.1. The quantitative estimate of drug-likeness (QED) is 0.809. The average Bonchev–Trinajstić information content (AvgIpc) is 2.78. The summed E-state index contributed by atoms with van der Waals surface area (Å²) in [6.45, 7) is 5.24. The number of sulfonamides is 1. The van der Waals surface area contributed by atoms with Gasteiger partial charge in [0.25, 0.3) is 0 Å². The average molecular weight is 305 g/mol. The molecule has 0 spiro atoms. The summed E-state index contributed by atoms with van der Waals surface area (Å²) in [7, 11) is -3.62. The molecule has 0 saturated carbocycles. The van der Waals surface area contributed by atoms with Gasteiger partial charge >= 0.3 is 5.97 Å². The van der Waals surface area contributed by atoms with Gasteiger partial charge in [0.05, 0.1) is 5.41 Å². The summed E-state index contributed by atoms with van der Waals surface area (Å²) < 4.78 is 26.7. The van der Waals surface area contributed by atoms with E-state index in [2.05, 4.69) is 4.72 Å². The SMILES string of the molecule is CCC(CC)(CNS(=O)(=O)c1ccc(C)s1)C(=O)O. The van der Waals surface area contributed by atoms with Crippen LogP contribution in [0.5, 0.6) is 0 Å². The summed E-state index contributed by atoms with van der Waals surface area (Å²) in [6, 6.07) is 3.26. The van der Waals surface area contributed by atoms with E-state index in [0.717, 1.165) is 4.88 Å². The van der Waals surface area contributed by atoms with Crippen LogP contribution in [0.4, 0.5) is 0 Å². The number of aliphatic carboxylic acids is 1. The standard InChI is InChI=1S/C12H19NO4S2/c1-4-12(5-2,11(14)15)8-13-19(16,17)10-7-6-9(3)18-10/h6-7,13H,4-5,8H2,1-3H3,(H,14,15). The Balaban J connectivity index is 2.88. The fraction of sp³-hybridized carbons (Fsp3) is 0.583. The van der Waals surface area contributed by atoms with Gasteiger partial charge in [-0.3, -0.25) is 4.79 Å². The van der Waals surface area contributed by atoms with Crippen molar-refractivity contribution in [3.63, 3.8) is 0 Å². The molecule has 5 nitrogen and oxygen atoms in total. The third-order valence-electron chi connectivity index (χ3n) is 3.39. The predicted molar refractivity (Wildman–Crippen MR) is 74.9 cm³/mol. The van der Waals surface area contributed by atoms with Crippen LogP contribution < -0.4 is 4.72 Å². The minimum Gasteiger partial charge on any atom is -0.481 e. The number of carbonyl (C=O) groups is 1. The first kappa shape index (κ1) is 16.1. The van der Waals surface area contributed by atoms with Crippen molar-refractivity contribution in [2.24, 2.45) is 5.41 Å². The van der Waals surface area contributed by atoms with Gasteiger partial charge in [0, 0.05) is 11.4 Å². The minimum absolute atomic E-state index is 0.0887. The van der Waals surface area contributed by atoms with Gasteiger partial charge < -0.3 is 5.11 Å². The largest absolute Gasteiger partial charge is 0.481 e. The van der Waals surface area contributed by atoms with E-state index in [0.29, 0.717) is 12.8 Å². The molecule has 0 aliphatic rings. The van der Waals surface area contributed by atoms with Gasteiger partial charge in [0.2, 0.25) is 10.0 Å². The highest BCUT2D eigenvalue weighted by atomic mass is 32.2. The maximum Gasteiger partial charge on any atom is 0.310 e. The number of carboxylic acids is 1. The number of rotatable bonds is 7. The smallest absolute Gasteiger partial charge is 0.310 e. The van der Waals surface area contributed by atoms with Gasteiger partial charge in [0.1, 0.15) is 4.21 Å². The summed E-state index contributed by atoms with van der Waals surface area (Å²) in [5, 5.41) is 9.26. The van der Waals surface area contributed by atoms with E-state index in [1.165, 1.54) is 17.4 Å². The zero-order chi connectivity index (χ0) is 14.7. The normalized spacial score (nSPS) is 12.6. The van der Waals surface area contributed by atoms with Crippen molar-refractivity contribution in [3.05, 3.63) is 17.0 Å². The first-order valence-corrected chi connectivity index (χ1v) is 8.37. The molecule has 1 rings (SSSR count). The fourth-order valence-corrected chi connectivity index (χ4v) is 4.19. The summed E-state index contributed by atoms with van der Waals surface area (Å²) in [4.78, 5) is 12.2. The van der Waals surface area contributed by atoms with E-state index in [4.69, 9.17) is 0 Å². The Bertz CT molecular complexity index is 544. The van der Waals surface area contributed by atoms with E-state index in [1.807, 2.05) is 6.92 Å². The van der Waals surface area contributed by atoms with Crippen LogP contribution in [-0.2, 0) is 14.8 Å². The number of aryl methyl sites for hydroxylation is 1. The third kappa shape index (κ3) is 3.55. The third-order valence-corrected chi connectivity index (χ3v) is 6.28. The van der Waals surface area contributed by atoms with Crippen molar-refractivity contribution in [3.8, 4) is 0 Å². The second kappa shape index (κ2) is 6.02. The highest BCUT2D eigenvalue weighted by Gasteiger charge is 2.36. The van der Waals surface area contributed by atoms with Crippen LogP contribution in [0.3, 0.4) is 0 Å². The molecule has 0 fully saturated rings. The molecular weight excluding hydrogens is 286 g/mol. The molecule has 108 valence electrons. The van der Waals surface area contributed by atoms with Gasteiger partial charge in [-0.25, -0.2) is 13.1 Å². The Labute approximate surface area is 117 Å². The first-order valence-electron chi connectivity index (χ1n) is 6.07. The molecule has 1 heterocycles. The van der Waals surface area contributed by atoms with Gasteiger partial charge in [-0.05, 0) is 31.9 Å². The van der Waals surface area contributed by atoms with Crippen LogP contribution in [-0.4, -0.2) is 26.0 Å². The highest BCUT2D eigenvalue weighted by Crippen LogP contribution is 2.27. The molecule has 19 heavy (non-hydrogen) atoms. The monoisotopic (exact) mass is 305 g/mol. The van der Waals surface area contributed by atoms with Gasteiger partial charge in [0.15, 0.2) is 0 Å². The van der Waals surface area contributed by atoms with Gasteiger partial charge in [-0.15, -0.1) is 11.3 Å². The van der Waals surface area contributed by atoms with Crippen LogP contribution in [0.15, 0.2) is 16.3 Å². The fourth-order valence-electron chi connectivity index (χ4n) is 1.74. The Morgan fingerprint density at radius 1 is 1.37 bits per heavy atom. The number of hydrogen-bond acceptors (Lipinski definition) is 4.